The molecular weight excluding hydrogens is 346 g/mol. The van der Waals surface area contributed by atoms with Gasteiger partial charge in [-0.25, -0.2) is 0 Å². The second kappa shape index (κ2) is 6.52. The predicted molar refractivity (Wildman–Crippen MR) is 113 cm³/mol. The van der Waals surface area contributed by atoms with Crippen molar-refractivity contribution < 1.29 is 9.47 Å². The zero-order valence-electron chi connectivity index (χ0n) is 17.3. The number of methoxy groups -OCH3 is 1. The maximum Gasteiger partial charge on any atom is 0.177 e. The molecule has 2 aromatic carbocycles. The molecule has 2 atom stereocenters. The zero-order valence-corrected chi connectivity index (χ0v) is 17.3. The van der Waals surface area contributed by atoms with E-state index in [1.807, 2.05) is 7.11 Å². The summed E-state index contributed by atoms with van der Waals surface area (Å²) in [5.74, 6) is 1.19. The lowest BCUT2D eigenvalue weighted by molar-refractivity contribution is -0.127. The van der Waals surface area contributed by atoms with E-state index in [4.69, 9.17) is 9.47 Å². The van der Waals surface area contributed by atoms with E-state index in [9.17, 15) is 0 Å². The summed E-state index contributed by atoms with van der Waals surface area (Å²) in [5.41, 5.74) is 3.40. The van der Waals surface area contributed by atoms with Crippen LogP contribution in [0.5, 0.6) is 5.75 Å². The van der Waals surface area contributed by atoms with E-state index >= 15 is 0 Å². The second-order valence-corrected chi connectivity index (χ2v) is 9.16. The lowest BCUT2D eigenvalue weighted by atomic mass is 9.62. The number of hydrogen-bond donors (Lipinski definition) is 0. The third kappa shape index (κ3) is 2.32. The van der Waals surface area contributed by atoms with Crippen LogP contribution in [0, 0.1) is 5.92 Å². The summed E-state index contributed by atoms with van der Waals surface area (Å²) in [6.07, 6.45) is 6.41. The highest BCUT2D eigenvalue weighted by atomic mass is 16.5. The molecule has 28 heavy (non-hydrogen) atoms. The average Bonchev–Trinajstić information content (AvgIpc) is 2.74. The molecular formula is C25H31NO2. The van der Waals surface area contributed by atoms with E-state index in [1.165, 1.54) is 48.9 Å². The Hall–Kier alpha value is -2.00. The summed E-state index contributed by atoms with van der Waals surface area (Å²) in [4.78, 5) is 2.65. The Bertz CT molecular complexity index is 870. The van der Waals surface area contributed by atoms with E-state index in [0.717, 1.165) is 5.75 Å². The minimum atomic E-state index is -0.491. The smallest absolute Gasteiger partial charge is 0.177 e. The molecule has 3 aliphatic rings. The Labute approximate surface area is 168 Å². The quantitative estimate of drug-likeness (QED) is 0.677. The van der Waals surface area contributed by atoms with Gasteiger partial charge in [-0.15, -0.1) is 0 Å². The van der Waals surface area contributed by atoms with Crippen molar-refractivity contribution in [2.75, 3.05) is 18.6 Å². The summed E-state index contributed by atoms with van der Waals surface area (Å²) in [6, 6.07) is 18.0. The summed E-state index contributed by atoms with van der Waals surface area (Å²) in [6.45, 7) is 5.40. The van der Waals surface area contributed by atoms with Crippen LogP contribution in [0.15, 0.2) is 48.5 Å². The van der Waals surface area contributed by atoms with Gasteiger partial charge in [0.05, 0.1) is 12.5 Å². The minimum absolute atomic E-state index is 0.0503. The second-order valence-electron chi connectivity index (χ2n) is 9.16. The van der Waals surface area contributed by atoms with Gasteiger partial charge in [0.15, 0.2) is 5.72 Å². The van der Waals surface area contributed by atoms with Crippen LogP contribution in [-0.2, 0) is 15.9 Å². The molecule has 5 rings (SSSR count). The van der Waals surface area contributed by atoms with Crippen LogP contribution in [0.25, 0.3) is 0 Å². The summed E-state index contributed by atoms with van der Waals surface area (Å²) in [5, 5.41) is 0. The molecule has 0 aromatic heterocycles. The number of benzene rings is 2. The van der Waals surface area contributed by atoms with E-state index in [-0.39, 0.29) is 11.3 Å². The van der Waals surface area contributed by atoms with Crippen molar-refractivity contribution in [1.29, 1.82) is 0 Å². The number of hydrogen-bond acceptors (Lipinski definition) is 3. The third-order valence-electron chi connectivity index (χ3n) is 7.49. The van der Waals surface area contributed by atoms with Gasteiger partial charge in [0.2, 0.25) is 0 Å². The molecule has 0 amide bonds. The zero-order chi connectivity index (χ0) is 19.4. The van der Waals surface area contributed by atoms with Gasteiger partial charge in [-0.1, -0.05) is 69.5 Å². The van der Waals surface area contributed by atoms with Crippen molar-refractivity contribution in [3.8, 4) is 5.75 Å². The van der Waals surface area contributed by atoms with Crippen molar-refractivity contribution in [2.24, 2.45) is 5.92 Å². The molecule has 3 nitrogen and oxygen atoms in total. The molecule has 2 aliphatic heterocycles. The molecule has 0 saturated heterocycles. The Morgan fingerprint density at radius 1 is 0.929 bits per heavy atom. The topological polar surface area (TPSA) is 21.7 Å². The summed E-state index contributed by atoms with van der Waals surface area (Å²) < 4.78 is 12.9. The predicted octanol–water partition coefficient (Wildman–Crippen LogP) is 5.62. The Kier molecular flexibility index (Phi) is 4.20. The van der Waals surface area contributed by atoms with Crippen molar-refractivity contribution >= 4 is 5.69 Å². The number of ether oxygens (including phenoxy) is 2. The molecule has 2 aromatic rings. The number of anilines is 1. The number of nitrogens with zero attached hydrogens (tertiary/aromatic N) is 1. The van der Waals surface area contributed by atoms with Crippen LogP contribution >= 0.6 is 0 Å². The fraction of sp³-hybridized carbons (Fsp3) is 0.520. The number of fused-ring (bicyclic) bond motifs is 4. The molecule has 148 valence electrons. The van der Waals surface area contributed by atoms with Crippen molar-refractivity contribution in [1.82, 2.24) is 0 Å². The SMILES string of the molecule is CO[C@]12c3ccccc3OC[C@@H]1C(C)(C)c1ccccc1N2C1CCCCC1. The molecule has 0 radical (unpaired) electrons. The largest absolute Gasteiger partial charge is 0.493 e. The molecule has 1 fully saturated rings. The molecule has 0 N–H and O–H groups in total. The van der Waals surface area contributed by atoms with E-state index in [0.29, 0.717) is 12.6 Å². The lowest BCUT2D eigenvalue weighted by Crippen LogP contribution is -2.67. The van der Waals surface area contributed by atoms with E-state index < -0.39 is 5.72 Å². The van der Waals surface area contributed by atoms with Gasteiger partial charge in [0, 0.05) is 29.8 Å². The standard InChI is InChI=1S/C25H31NO2/c1-24(2)19-13-7-9-15-21(19)26(18-11-5-4-6-12-18)25(27-3)20-14-8-10-16-22(20)28-17-23(24)25/h7-10,13-16,18,23H,4-6,11-12,17H2,1-3H3/t23-,25-/m1/s1. The third-order valence-corrected chi connectivity index (χ3v) is 7.49. The van der Waals surface area contributed by atoms with Crippen molar-refractivity contribution in [3.05, 3.63) is 59.7 Å². The highest BCUT2D eigenvalue weighted by Gasteiger charge is 2.61. The number of rotatable bonds is 2. The van der Waals surface area contributed by atoms with Gasteiger partial charge in [-0.05, 0) is 30.5 Å². The fourth-order valence-electron chi connectivity index (χ4n) is 6.11. The van der Waals surface area contributed by atoms with E-state index in [2.05, 4.69) is 67.3 Å². The van der Waals surface area contributed by atoms with Crippen LogP contribution in [0.4, 0.5) is 5.69 Å². The van der Waals surface area contributed by atoms with E-state index in [1.54, 1.807) is 0 Å². The van der Waals surface area contributed by atoms with Gasteiger partial charge in [-0.2, -0.15) is 0 Å². The molecule has 2 heterocycles. The van der Waals surface area contributed by atoms with Crippen molar-refractivity contribution in [3.63, 3.8) is 0 Å². The van der Waals surface area contributed by atoms with Gasteiger partial charge in [-0.3, -0.25) is 0 Å². The average molecular weight is 378 g/mol. The Balaban J connectivity index is 1.81. The Morgan fingerprint density at radius 3 is 2.36 bits per heavy atom. The first-order chi connectivity index (χ1) is 13.6. The highest BCUT2D eigenvalue weighted by Crippen LogP contribution is 2.59. The monoisotopic (exact) mass is 377 g/mol. The maximum absolute atomic E-state index is 6.61. The van der Waals surface area contributed by atoms with Gasteiger partial charge in [0.25, 0.3) is 0 Å². The maximum atomic E-state index is 6.61. The molecule has 1 saturated carbocycles. The van der Waals surface area contributed by atoms with Crippen LogP contribution < -0.4 is 9.64 Å². The summed E-state index contributed by atoms with van der Waals surface area (Å²) in [7, 11) is 1.90. The first kappa shape index (κ1) is 18.1. The minimum Gasteiger partial charge on any atom is -0.493 e. The van der Waals surface area contributed by atoms with Gasteiger partial charge in [0.1, 0.15) is 5.75 Å². The van der Waals surface area contributed by atoms with Crippen molar-refractivity contribution in [2.45, 2.75) is 63.1 Å². The molecule has 1 aliphatic carbocycles. The highest BCUT2D eigenvalue weighted by molar-refractivity contribution is 5.65. The molecule has 3 heteroatoms. The first-order valence-electron chi connectivity index (χ1n) is 10.8. The van der Waals surface area contributed by atoms with Crippen LogP contribution in [0.1, 0.15) is 57.1 Å². The van der Waals surface area contributed by atoms with Crippen LogP contribution in [-0.4, -0.2) is 19.8 Å². The molecule has 0 unspecified atom stereocenters. The van der Waals surface area contributed by atoms with Crippen LogP contribution in [0.2, 0.25) is 0 Å². The van der Waals surface area contributed by atoms with Gasteiger partial charge >= 0.3 is 0 Å². The first-order valence-corrected chi connectivity index (χ1v) is 10.8. The Morgan fingerprint density at radius 2 is 1.61 bits per heavy atom. The molecule has 0 spiro atoms. The van der Waals surface area contributed by atoms with Crippen LogP contribution in [0.3, 0.4) is 0 Å². The normalized spacial score (nSPS) is 28.7. The van der Waals surface area contributed by atoms with Gasteiger partial charge < -0.3 is 14.4 Å². The summed E-state index contributed by atoms with van der Waals surface area (Å²) >= 11 is 0. The lowest BCUT2D eigenvalue weighted by Gasteiger charge is -2.62. The fourth-order valence-corrected chi connectivity index (χ4v) is 6.11. The molecule has 0 bridgehead atoms. The number of para-hydroxylation sites is 2.